The molecule has 1 aliphatic rings. The van der Waals surface area contributed by atoms with Crippen molar-refractivity contribution in [2.45, 2.75) is 13.1 Å². The predicted molar refractivity (Wildman–Crippen MR) is 122 cm³/mol. The Morgan fingerprint density at radius 3 is 2.23 bits per heavy atom. The van der Waals surface area contributed by atoms with Gasteiger partial charge in [-0.15, -0.1) is 0 Å². The van der Waals surface area contributed by atoms with E-state index in [2.05, 4.69) is 58.9 Å². The molecule has 0 amide bonds. The van der Waals surface area contributed by atoms with Crippen LogP contribution in [0, 0.1) is 0 Å². The first-order chi connectivity index (χ1) is 15.2. The van der Waals surface area contributed by atoms with Gasteiger partial charge >= 0.3 is 0 Å². The van der Waals surface area contributed by atoms with Crippen LogP contribution in [0.4, 0.5) is 5.69 Å². The predicted octanol–water partition coefficient (Wildman–Crippen LogP) is 5.12. The topological polar surface area (TPSA) is 48.8 Å². The van der Waals surface area contributed by atoms with Crippen molar-refractivity contribution in [3.8, 4) is 28.6 Å². The lowest BCUT2D eigenvalue weighted by atomic mass is 10.0. The van der Waals surface area contributed by atoms with E-state index in [4.69, 9.17) is 19.2 Å². The molecule has 0 saturated carbocycles. The van der Waals surface area contributed by atoms with Gasteiger partial charge in [0.1, 0.15) is 12.0 Å². The van der Waals surface area contributed by atoms with E-state index in [0.717, 1.165) is 40.2 Å². The summed E-state index contributed by atoms with van der Waals surface area (Å²) in [5.41, 5.74) is 5.39. The van der Waals surface area contributed by atoms with Crippen LogP contribution < -0.4 is 19.1 Å². The quantitative estimate of drug-likeness (QED) is 0.453. The maximum Gasteiger partial charge on any atom is 0.203 e. The average molecular weight is 415 g/mol. The van der Waals surface area contributed by atoms with E-state index in [1.54, 1.807) is 21.3 Å². The number of anilines is 1. The SMILES string of the molecule is CCN1c2ccccc2-c2nc3ccccc3n2C1c1cc(OC)c(OC)c(OC)c1. The van der Waals surface area contributed by atoms with E-state index in [-0.39, 0.29) is 6.17 Å². The summed E-state index contributed by atoms with van der Waals surface area (Å²) in [7, 11) is 4.91. The number of methoxy groups -OCH3 is 3. The number of benzene rings is 3. The molecule has 31 heavy (non-hydrogen) atoms. The van der Waals surface area contributed by atoms with Crippen LogP contribution in [0.5, 0.6) is 17.2 Å². The second-order valence-electron chi connectivity index (χ2n) is 7.43. The summed E-state index contributed by atoms with van der Waals surface area (Å²) in [5, 5.41) is 0. The lowest BCUT2D eigenvalue weighted by molar-refractivity contribution is 0.323. The molecule has 1 aliphatic heterocycles. The summed E-state index contributed by atoms with van der Waals surface area (Å²) in [6.45, 7) is 3.00. The fourth-order valence-corrected chi connectivity index (χ4v) is 4.59. The minimum absolute atomic E-state index is 0.115. The number of hydrogen-bond acceptors (Lipinski definition) is 5. The van der Waals surface area contributed by atoms with E-state index in [1.807, 2.05) is 18.2 Å². The Hall–Kier alpha value is -3.67. The largest absolute Gasteiger partial charge is 0.493 e. The maximum atomic E-state index is 5.66. The summed E-state index contributed by atoms with van der Waals surface area (Å²) in [6.07, 6.45) is -0.115. The maximum absolute atomic E-state index is 5.66. The van der Waals surface area contributed by atoms with E-state index in [1.165, 1.54) is 0 Å². The number of hydrogen-bond donors (Lipinski definition) is 0. The second kappa shape index (κ2) is 7.54. The van der Waals surface area contributed by atoms with Crippen LogP contribution in [0.25, 0.3) is 22.4 Å². The zero-order valence-electron chi connectivity index (χ0n) is 18.1. The fraction of sp³-hybridized carbons (Fsp3) is 0.240. The van der Waals surface area contributed by atoms with Crippen molar-refractivity contribution in [1.29, 1.82) is 0 Å². The summed E-state index contributed by atoms with van der Waals surface area (Å²) in [5.74, 6) is 2.82. The molecule has 4 aromatic rings. The molecule has 3 aromatic carbocycles. The summed E-state index contributed by atoms with van der Waals surface area (Å²) < 4.78 is 19.2. The van der Waals surface area contributed by atoms with Crippen LogP contribution in [0.1, 0.15) is 18.7 Å². The number of imidazole rings is 1. The Morgan fingerprint density at radius 2 is 1.55 bits per heavy atom. The molecule has 1 aromatic heterocycles. The fourth-order valence-electron chi connectivity index (χ4n) is 4.59. The van der Waals surface area contributed by atoms with Crippen molar-refractivity contribution >= 4 is 16.7 Å². The molecule has 0 fully saturated rings. The third kappa shape index (κ3) is 2.82. The van der Waals surface area contributed by atoms with Gasteiger partial charge in [-0.1, -0.05) is 24.3 Å². The molecule has 0 spiro atoms. The molecule has 1 unspecified atom stereocenters. The van der Waals surface area contributed by atoms with E-state index in [0.29, 0.717) is 17.2 Å². The Kier molecular flexibility index (Phi) is 4.70. The standard InChI is InChI=1S/C25H25N3O3/c1-5-27-19-12-8-6-10-17(19)24-26-18-11-7-9-13-20(18)28(24)25(27)16-14-21(29-2)23(31-4)22(15-16)30-3/h6-15,25H,5H2,1-4H3. The minimum atomic E-state index is -0.115. The first-order valence-electron chi connectivity index (χ1n) is 10.3. The number of fused-ring (bicyclic) bond motifs is 5. The van der Waals surface area contributed by atoms with Gasteiger partial charge in [0.2, 0.25) is 5.75 Å². The van der Waals surface area contributed by atoms with Gasteiger partial charge in [-0.3, -0.25) is 4.57 Å². The Labute approximate surface area is 181 Å². The molecular weight excluding hydrogens is 390 g/mol. The molecule has 5 rings (SSSR count). The molecule has 1 atom stereocenters. The van der Waals surface area contributed by atoms with Crippen LogP contribution in [-0.2, 0) is 0 Å². The summed E-state index contributed by atoms with van der Waals surface area (Å²) in [6, 6.07) is 20.8. The highest BCUT2D eigenvalue weighted by molar-refractivity contribution is 5.87. The third-order valence-electron chi connectivity index (χ3n) is 5.92. The molecule has 0 aliphatic carbocycles. The highest BCUT2D eigenvalue weighted by atomic mass is 16.5. The smallest absolute Gasteiger partial charge is 0.203 e. The first kappa shape index (κ1) is 19.3. The summed E-state index contributed by atoms with van der Waals surface area (Å²) in [4.78, 5) is 7.39. The van der Waals surface area contributed by atoms with Gasteiger partial charge < -0.3 is 19.1 Å². The molecule has 0 N–H and O–H groups in total. The van der Waals surface area contributed by atoms with Gasteiger partial charge in [-0.05, 0) is 43.3 Å². The highest BCUT2D eigenvalue weighted by Crippen LogP contribution is 2.47. The van der Waals surface area contributed by atoms with E-state index in [9.17, 15) is 0 Å². The van der Waals surface area contributed by atoms with Crippen molar-refractivity contribution in [1.82, 2.24) is 9.55 Å². The van der Waals surface area contributed by atoms with Crippen molar-refractivity contribution in [2.24, 2.45) is 0 Å². The van der Waals surface area contributed by atoms with Gasteiger partial charge in [-0.25, -0.2) is 4.98 Å². The second-order valence-corrected chi connectivity index (χ2v) is 7.43. The number of aromatic nitrogens is 2. The molecule has 158 valence electrons. The van der Waals surface area contributed by atoms with Crippen LogP contribution in [0.3, 0.4) is 0 Å². The zero-order chi connectivity index (χ0) is 21.5. The van der Waals surface area contributed by atoms with Crippen LogP contribution in [0.2, 0.25) is 0 Å². The number of nitrogens with zero attached hydrogens (tertiary/aromatic N) is 3. The lowest BCUT2D eigenvalue weighted by Crippen LogP contribution is -2.37. The molecule has 2 heterocycles. The van der Waals surface area contributed by atoms with Gasteiger partial charge in [0.05, 0.1) is 32.4 Å². The van der Waals surface area contributed by atoms with Crippen molar-refractivity contribution in [3.05, 3.63) is 66.2 Å². The Morgan fingerprint density at radius 1 is 0.871 bits per heavy atom. The highest BCUT2D eigenvalue weighted by Gasteiger charge is 2.34. The summed E-state index contributed by atoms with van der Waals surface area (Å²) >= 11 is 0. The molecule has 0 saturated heterocycles. The van der Waals surface area contributed by atoms with Crippen LogP contribution >= 0.6 is 0 Å². The normalized spacial score (nSPS) is 14.8. The van der Waals surface area contributed by atoms with Crippen molar-refractivity contribution < 1.29 is 14.2 Å². The number of para-hydroxylation sites is 3. The van der Waals surface area contributed by atoms with Crippen LogP contribution in [-0.4, -0.2) is 37.4 Å². The van der Waals surface area contributed by atoms with Crippen molar-refractivity contribution in [3.63, 3.8) is 0 Å². The lowest BCUT2D eigenvalue weighted by Gasteiger charge is -2.40. The molecular formula is C25H25N3O3. The Balaban J connectivity index is 1.84. The van der Waals surface area contributed by atoms with E-state index < -0.39 is 0 Å². The Bertz CT molecular complexity index is 1240. The van der Waals surface area contributed by atoms with E-state index >= 15 is 0 Å². The number of rotatable bonds is 5. The number of ether oxygens (including phenoxy) is 3. The van der Waals surface area contributed by atoms with Gasteiger partial charge in [0.25, 0.3) is 0 Å². The molecule has 0 bridgehead atoms. The van der Waals surface area contributed by atoms with Crippen molar-refractivity contribution in [2.75, 3.05) is 32.8 Å². The molecule has 6 nitrogen and oxygen atoms in total. The molecule has 0 radical (unpaired) electrons. The average Bonchev–Trinajstić information content (AvgIpc) is 3.21. The zero-order valence-corrected chi connectivity index (χ0v) is 18.1. The first-order valence-corrected chi connectivity index (χ1v) is 10.3. The molecule has 6 heteroatoms. The van der Waals surface area contributed by atoms with Crippen LogP contribution in [0.15, 0.2) is 60.7 Å². The van der Waals surface area contributed by atoms with Gasteiger partial charge in [0, 0.05) is 23.4 Å². The third-order valence-corrected chi connectivity index (χ3v) is 5.92. The minimum Gasteiger partial charge on any atom is -0.493 e. The monoisotopic (exact) mass is 415 g/mol. The van der Waals surface area contributed by atoms with Gasteiger partial charge in [-0.2, -0.15) is 0 Å². The van der Waals surface area contributed by atoms with Gasteiger partial charge in [0.15, 0.2) is 11.5 Å².